The molecule has 0 bridgehead atoms. The van der Waals surface area contributed by atoms with Gasteiger partial charge in [0.1, 0.15) is 0 Å². The van der Waals surface area contributed by atoms with Gasteiger partial charge in [0.2, 0.25) is 10.0 Å². The predicted octanol–water partition coefficient (Wildman–Crippen LogP) is 2.83. The van der Waals surface area contributed by atoms with E-state index in [1.165, 1.54) is 16.9 Å². The van der Waals surface area contributed by atoms with Gasteiger partial charge in [-0.1, -0.05) is 30.3 Å². The minimum absolute atomic E-state index is 0.0473. The number of anilines is 1. The zero-order chi connectivity index (χ0) is 18.4. The Kier molecular flexibility index (Phi) is 6.20. The van der Waals surface area contributed by atoms with E-state index < -0.39 is 10.0 Å². The molecule has 134 valence electrons. The molecular weight excluding hydrogens is 336 g/mol. The van der Waals surface area contributed by atoms with Crippen molar-refractivity contribution < 1.29 is 13.2 Å². The number of aryl methyl sites for hydroxylation is 1. The summed E-state index contributed by atoms with van der Waals surface area (Å²) < 4.78 is 24.2. The number of hydrogen-bond acceptors (Lipinski definition) is 3. The summed E-state index contributed by atoms with van der Waals surface area (Å²) in [7, 11) is -1.83. The van der Waals surface area contributed by atoms with Crippen LogP contribution in [0.2, 0.25) is 0 Å². The first-order chi connectivity index (χ1) is 11.8. The quantitative estimate of drug-likeness (QED) is 0.826. The smallest absolute Gasteiger partial charge is 0.251 e. The first-order valence-electron chi connectivity index (χ1n) is 8.16. The van der Waals surface area contributed by atoms with E-state index in [0.29, 0.717) is 11.3 Å². The molecule has 0 aliphatic heterocycles. The Hall–Kier alpha value is -2.34. The number of amides is 1. The molecule has 0 fully saturated rings. The van der Waals surface area contributed by atoms with E-state index in [1.807, 2.05) is 25.1 Å². The fourth-order valence-corrected chi connectivity index (χ4v) is 2.93. The zero-order valence-corrected chi connectivity index (χ0v) is 15.6. The SMILES string of the molecule is C[C@@H](CCc1ccccc1)NC(=O)c1ccc(N(C)S(C)(=O)=O)cc1. The van der Waals surface area contributed by atoms with Crippen molar-refractivity contribution in [1.29, 1.82) is 0 Å². The van der Waals surface area contributed by atoms with Crippen LogP contribution in [0.5, 0.6) is 0 Å². The van der Waals surface area contributed by atoms with Crippen LogP contribution in [-0.4, -0.2) is 33.7 Å². The molecule has 5 nitrogen and oxygen atoms in total. The highest BCUT2D eigenvalue weighted by Gasteiger charge is 2.14. The van der Waals surface area contributed by atoms with Gasteiger partial charge in [0, 0.05) is 18.7 Å². The maximum atomic E-state index is 12.3. The molecular formula is C19H24N2O3S. The Labute approximate surface area is 149 Å². The van der Waals surface area contributed by atoms with E-state index in [1.54, 1.807) is 24.3 Å². The normalized spacial score (nSPS) is 12.4. The predicted molar refractivity (Wildman–Crippen MR) is 101 cm³/mol. The molecule has 0 saturated carbocycles. The van der Waals surface area contributed by atoms with Crippen molar-refractivity contribution in [3.05, 3.63) is 65.7 Å². The number of nitrogens with one attached hydrogen (secondary N) is 1. The third-order valence-electron chi connectivity index (χ3n) is 4.08. The minimum Gasteiger partial charge on any atom is -0.350 e. The summed E-state index contributed by atoms with van der Waals surface area (Å²) in [5.41, 5.74) is 2.28. The lowest BCUT2D eigenvalue weighted by Gasteiger charge is -2.17. The van der Waals surface area contributed by atoms with Gasteiger partial charge in [0.05, 0.1) is 11.9 Å². The van der Waals surface area contributed by atoms with E-state index in [2.05, 4.69) is 17.4 Å². The van der Waals surface area contributed by atoms with Crippen molar-refractivity contribution in [2.24, 2.45) is 0 Å². The van der Waals surface area contributed by atoms with Crippen LogP contribution in [0, 0.1) is 0 Å². The Balaban J connectivity index is 1.92. The van der Waals surface area contributed by atoms with Crippen molar-refractivity contribution in [3.8, 4) is 0 Å². The Morgan fingerprint density at radius 1 is 1.08 bits per heavy atom. The highest BCUT2D eigenvalue weighted by molar-refractivity contribution is 7.92. The van der Waals surface area contributed by atoms with Gasteiger partial charge >= 0.3 is 0 Å². The van der Waals surface area contributed by atoms with Gasteiger partial charge in [0.15, 0.2) is 0 Å². The van der Waals surface area contributed by atoms with Crippen LogP contribution >= 0.6 is 0 Å². The van der Waals surface area contributed by atoms with Gasteiger partial charge in [-0.2, -0.15) is 0 Å². The maximum Gasteiger partial charge on any atom is 0.251 e. The summed E-state index contributed by atoms with van der Waals surface area (Å²) in [6, 6.07) is 16.7. The third-order valence-corrected chi connectivity index (χ3v) is 5.28. The molecule has 0 aliphatic carbocycles. The van der Waals surface area contributed by atoms with Gasteiger partial charge in [-0.05, 0) is 49.6 Å². The molecule has 0 unspecified atom stereocenters. The molecule has 0 spiro atoms. The molecule has 1 N–H and O–H groups in total. The molecule has 2 aromatic carbocycles. The van der Waals surface area contributed by atoms with Crippen LogP contribution in [0.25, 0.3) is 0 Å². The molecule has 0 aromatic heterocycles. The van der Waals surface area contributed by atoms with Gasteiger partial charge < -0.3 is 5.32 Å². The van der Waals surface area contributed by atoms with Crippen LogP contribution in [0.4, 0.5) is 5.69 Å². The summed E-state index contributed by atoms with van der Waals surface area (Å²) in [4.78, 5) is 12.3. The standard InChI is InChI=1S/C19H24N2O3S/c1-15(9-10-16-7-5-4-6-8-16)20-19(22)17-11-13-18(14-12-17)21(2)25(3,23)24/h4-8,11-15H,9-10H2,1-3H3,(H,20,22)/t15-/m0/s1. The molecule has 0 saturated heterocycles. The lowest BCUT2D eigenvalue weighted by Crippen LogP contribution is -2.33. The number of rotatable bonds is 7. The largest absolute Gasteiger partial charge is 0.350 e. The monoisotopic (exact) mass is 360 g/mol. The lowest BCUT2D eigenvalue weighted by molar-refractivity contribution is 0.0938. The molecule has 0 aliphatic rings. The Morgan fingerprint density at radius 3 is 2.24 bits per heavy atom. The molecule has 2 aromatic rings. The van der Waals surface area contributed by atoms with Crippen molar-refractivity contribution in [2.45, 2.75) is 25.8 Å². The first-order valence-corrected chi connectivity index (χ1v) is 10.0. The van der Waals surface area contributed by atoms with Gasteiger partial charge in [-0.15, -0.1) is 0 Å². The summed E-state index contributed by atoms with van der Waals surface area (Å²) in [5.74, 6) is -0.158. The fraction of sp³-hybridized carbons (Fsp3) is 0.316. The molecule has 1 atom stereocenters. The third kappa shape index (κ3) is 5.60. The highest BCUT2D eigenvalue weighted by atomic mass is 32.2. The van der Waals surface area contributed by atoms with Gasteiger partial charge in [-0.3, -0.25) is 9.10 Å². The number of benzene rings is 2. The highest BCUT2D eigenvalue weighted by Crippen LogP contribution is 2.16. The molecule has 1 amide bonds. The summed E-state index contributed by atoms with van der Waals surface area (Å²) in [5, 5.41) is 2.97. The van der Waals surface area contributed by atoms with E-state index in [4.69, 9.17) is 0 Å². The number of hydrogen-bond donors (Lipinski definition) is 1. The number of sulfonamides is 1. The van der Waals surface area contributed by atoms with Crippen molar-refractivity contribution in [1.82, 2.24) is 5.32 Å². The van der Waals surface area contributed by atoms with E-state index in [9.17, 15) is 13.2 Å². The van der Waals surface area contributed by atoms with Crippen LogP contribution in [-0.2, 0) is 16.4 Å². The second-order valence-corrected chi connectivity index (χ2v) is 8.19. The second-order valence-electron chi connectivity index (χ2n) is 6.18. The average molecular weight is 360 g/mol. The van der Waals surface area contributed by atoms with Crippen LogP contribution < -0.4 is 9.62 Å². The molecule has 2 rings (SSSR count). The first kappa shape index (κ1) is 19.0. The number of carbonyl (C=O) groups excluding carboxylic acids is 1. The van der Waals surface area contributed by atoms with Crippen molar-refractivity contribution >= 4 is 21.6 Å². The molecule has 25 heavy (non-hydrogen) atoms. The number of nitrogens with zero attached hydrogens (tertiary/aromatic N) is 1. The van der Waals surface area contributed by atoms with Crippen molar-refractivity contribution in [3.63, 3.8) is 0 Å². The Bertz CT molecular complexity index is 802. The van der Waals surface area contributed by atoms with E-state index >= 15 is 0 Å². The summed E-state index contributed by atoms with van der Waals surface area (Å²) >= 11 is 0. The van der Waals surface area contributed by atoms with Crippen LogP contribution in [0.3, 0.4) is 0 Å². The fourth-order valence-electron chi connectivity index (χ4n) is 2.42. The average Bonchev–Trinajstić information content (AvgIpc) is 2.59. The summed E-state index contributed by atoms with van der Waals surface area (Å²) in [6.45, 7) is 1.98. The molecule has 0 heterocycles. The lowest BCUT2D eigenvalue weighted by atomic mass is 10.1. The van der Waals surface area contributed by atoms with Crippen LogP contribution in [0.1, 0.15) is 29.3 Å². The topological polar surface area (TPSA) is 66.5 Å². The number of carbonyl (C=O) groups is 1. The minimum atomic E-state index is -3.31. The molecule has 0 radical (unpaired) electrons. The molecule has 6 heteroatoms. The van der Waals surface area contributed by atoms with Crippen molar-refractivity contribution in [2.75, 3.05) is 17.6 Å². The summed E-state index contributed by atoms with van der Waals surface area (Å²) in [6.07, 6.45) is 2.90. The van der Waals surface area contributed by atoms with Gasteiger partial charge in [0.25, 0.3) is 5.91 Å². The van der Waals surface area contributed by atoms with Crippen LogP contribution in [0.15, 0.2) is 54.6 Å². The Morgan fingerprint density at radius 2 is 1.68 bits per heavy atom. The second kappa shape index (κ2) is 8.16. The maximum absolute atomic E-state index is 12.3. The van der Waals surface area contributed by atoms with E-state index in [-0.39, 0.29) is 11.9 Å². The van der Waals surface area contributed by atoms with Gasteiger partial charge in [-0.25, -0.2) is 8.42 Å². The zero-order valence-electron chi connectivity index (χ0n) is 14.8. The van der Waals surface area contributed by atoms with E-state index in [0.717, 1.165) is 19.1 Å².